The van der Waals surface area contributed by atoms with Crippen molar-refractivity contribution in [3.05, 3.63) is 70.8 Å². The lowest BCUT2D eigenvalue weighted by atomic mass is 10.0. The van der Waals surface area contributed by atoms with E-state index in [9.17, 15) is 22.8 Å². The van der Waals surface area contributed by atoms with Crippen LogP contribution in [0, 0.1) is 0 Å². The van der Waals surface area contributed by atoms with Crippen LogP contribution in [0.1, 0.15) is 33.5 Å². The number of hydrogen-bond donors (Lipinski definition) is 1. The van der Waals surface area contributed by atoms with E-state index in [1.807, 2.05) is 0 Å². The van der Waals surface area contributed by atoms with Crippen LogP contribution in [0.4, 0.5) is 13.2 Å². The van der Waals surface area contributed by atoms with Crippen LogP contribution in [0.2, 0.25) is 0 Å². The van der Waals surface area contributed by atoms with Gasteiger partial charge in [-0.05, 0) is 29.7 Å². The van der Waals surface area contributed by atoms with Gasteiger partial charge in [0.25, 0.3) is 0 Å². The van der Waals surface area contributed by atoms with Gasteiger partial charge in [-0.15, -0.1) is 0 Å². The van der Waals surface area contributed by atoms with Gasteiger partial charge in [0.2, 0.25) is 5.91 Å². The lowest BCUT2D eigenvalue weighted by Gasteiger charge is -2.20. The average Bonchev–Trinajstić information content (AvgIpc) is 2.59. The summed E-state index contributed by atoms with van der Waals surface area (Å²) in [5.74, 6) is -1.44. The summed E-state index contributed by atoms with van der Waals surface area (Å²) in [6.45, 7) is -0.172. The first-order chi connectivity index (χ1) is 12.2. The van der Waals surface area contributed by atoms with Crippen molar-refractivity contribution in [3.8, 4) is 0 Å². The molecule has 138 valence electrons. The van der Waals surface area contributed by atoms with E-state index in [1.54, 1.807) is 18.2 Å². The Kier molecular flexibility index (Phi) is 6.02. The Balaban J connectivity index is 2.05. The smallest absolute Gasteiger partial charge is 0.416 e. The summed E-state index contributed by atoms with van der Waals surface area (Å²) >= 11 is 0. The maximum Gasteiger partial charge on any atom is 0.416 e. The number of halogens is 3. The zero-order chi connectivity index (χ0) is 19.3. The van der Waals surface area contributed by atoms with Gasteiger partial charge in [-0.25, -0.2) is 4.79 Å². The fourth-order valence-corrected chi connectivity index (χ4v) is 2.66. The van der Waals surface area contributed by atoms with Crippen LogP contribution in [-0.4, -0.2) is 28.9 Å². The third kappa shape index (κ3) is 4.84. The Morgan fingerprint density at radius 1 is 1.00 bits per heavy atom. The molecule has 0 aliphatic rings. The maximum absolute atomic E-state index is 13.0. The Morgan fingerprint density at radius 2 is 1.58 bits per heavy atom. The first kappa shape index (κ1) is 19.5. The predicted octanol–water partition coefficient (Wildman–Crippen LogP) is 3.99. The number of carboxylic acids is 1. The van der Waals surface area contributed by atoms with E-state index in [4.69, 9.17) is 5.11 Å². The maximum atomic E-state index is 13.0. The van der Waals surface area contributed by atoms with Crippen molar-refractivity contribution in [2.75, 3.05) is 7.05 Å². The molecule has 0 aliphatic heterocycles. The van der Waals surface area contributed by atoms with Gasteiger partial charge in [0, 0.05) is 20.0 Å². The third-order valence-electron chi connectivity index (χ3n) is 4.01. The summed E-state index contributed by atoms with van der Waals surface area (Å²) in [5, 5.41) is 9.14. The number of nitrogens with zero attached hydrogens (tertiary/aromatic N) is 1. The van der Waals surface area contributed by atoms with Crippen molar-refractivity contribution in [1.82, 2.24) is 4.90 Å². The number of aromatic carboxylic acids is 1. The molecule has 0 bridgehead atoms. The molecule has 0 aromatic heterocycles. The molecule has 2 aromatic rings. The molecule has 0 unspecified atom stereocenters. The molecular formula is C19H18F3NO3. The zero-order valence-corrected chi connectivity index (χ0v) is 14.1. The van der Waals surface area contributed by atoms with Crippen molar-refractivity contribution in [2.45, 2.75) is 25.6 Å². The number of benzene rings is 2. The summed E-state index contributed by atoms with van der Waals surface area (Å²) in [4.78, 5) is 24.6. The number of alkyl halides is 3. The minimum absolute atomic E-state index is 0.00891. The number of carbonyl (C=O) groups excluding carboxylic acids is 1. The second kappa shape index (κ2) is 8.03. The fraction of sp³-hybridized carbons (Fsp3) is 0.263. The van der Waals surface area contributed by atoms with Crippen LogP contribution in [0.25, 0.3) is 0 Å². The van der Waals surface area contributed by atoms with E-state index < -0.39 is 17.7 Å². The molecule has 2 aromatic carbocycles. The predicted molar refractivity (Wildman–Crippen MR) is 89.6 cm³/mol. The zero-order valence-electron chi connectivity index (χ0n) is 14.1. The molecule has 2 rings (SSSR count). The third-order valence-corrected chi connectivity index (χ3v) is 4.01. The largest absolute Gasteiger partial charge is 0.478 e. The standard InChI is InChI=1S/C19H18F3NO3/c1-23(12-14-7-3-5-9-16(14)19(20,21)22)17(24)11-10-13-6-2-4-8-15(13)18(25)26/h2-9H,10-12H2,1H3,(H,25,26). The molecule has 4 nitrogen and oxygen atoms in total. The van der Waals surface area contributed by atoms with Gasteiger partial charge in [-0.2, -0.15) is 13.2 Å². The molecule has 0 aliphatic carbocycles. The minimum Gasteiger partial charge on any atom is -0.478 e. The first-order valence-corrected chi connectivity index (χ1v) is 7.90. The van der Waals surface area contributed by atoms with Crippen LogP contribution in [0.3, 0.4) is 0 Å². The molecule has 7 heteroatoms. The molecule has 0 saturated heterocycles. The van der Waals surface area contributed by atoms with Gasteiger partial charge in [-0.3, -0.25) is 4.79 Å². The molecule has 0 fully saturated rings. The van der Waals surface area contributed by atoms with Gasteiger partial charge in [0.05, 0.1) is 11.1 Å². The van der Waals surface area contributed by atoms with E-state index >= 15 is 0 Å². The molecule has 0 atom stereocenters. The molecule has 0 spiro atoms. The van der Waals surface area contributed by atoms with Crippen molar-refractivity contribution in [3.63, 3.8) is 0 Å². The van der Waals surface area contributed by atoms with Gasteiger partial charge >= 0.3 is 12.1 Å². The van der Waals surface area contributed by atoms with E-state index in [-0.39, 0.29) is 36.4 Å². The summed E-state index contributed by atoms with van der Waals surface area (Å²) < 4.78 is 39.1. The van der Waals surface area contributed by atoms with Crippen molar-refractivity contribution >= 4 is 11.9 Å². The number of rotatable bonds is 6. The Hall–Kier alpha value is -2.83. The van der Waals surface area contributed by atoms with E-state index in [1.165, 1.54) is 36.2 Å². The first-order valence-electron chi connectivity index (χ1n) is 7.90. The van der Waals surface area contributed by atoms with Crippen molar-refractivity contribution in [2.24, 2.45) is 0 Å². The fourth-order valence-electron chi connectivity index (χ4n) is 2.66. The molecule has 26 heavy (non-hydrogen) atoms. The topological polar surface area (TPSA) is 57.6 Å². The van der Waals surface area contributed by atoms with Crippen LogP contribution in [0.5, 0.6) is 0 Å². The Morgan fingerprint density at radius 3 is 2.19 bits per heavy atom. The van der Waals surface area contributed by atoms with Gasteiger partial charge in [0.1, 0.15) is 0 Å². The summed E-state index contributed by atoms with van der Waals surface area (Å²) in [6, 6.07) is 11.5. The molecule has 0 saturated carbocycles. The van der Waals surface area contributed by atoms with Gasteiger partial charge in [-0.1, -0.05) is 36.4 Å². The minimum atomic E-state index is -4.49. The van der Waals surface area contributed by atoms with Crippen molar-refractivity contribution in [1.29, 1.82) is 0 Å². The van der Waals surface area contributed by atoms with E-state index in [0.717, 1.165) is 6.07 Å². The number of amides is 1. The van der Waals surface area contributed by atoms with Crippen LogP contribution in [-0.2, 0) is 23.9 Å². The second-order valence-corrected chi connectivity index (χ2v) is 5.87. The summed E-state index contributed by atoms with van der Waals surface area (Å²) in [6.07, 6.45) is -4.28. The lowest BCUT2D eigenvalue weighted by molar-refractivity contribution is -0.139. The number of hydrogen-bond acceptors (Lipinski definition) is 2. The second-order valence-electron chi connectivity index (χ2n) is 5.87. The van der Waals surface area contributed by atoms with Crippen LogP contribution >= 0.6 is 0 Å². The summed E-state index contributed by atoms with van der Waals surface area (Å²) in [5.41, 5.74) is -0.125. The normalized spacial score (nSPS) is 11.2. The highest BCUT2D eigenvalue weighted by Gasteiger charge is 2.33. The van der Waals surface area contributed by atoms with Gasteiger partial charge < -0.3 is 10.0 Å². The van der Waals surface area contributed by atoms with E-state index in [0.29, 0.717) is 5.56 Å². The van der Waals surface area contributed by atoms with Gasteiger partial charge in [0.15, 0.2) is 0 Å². The van der Waals surface area contributed by atoms with Crippen LogP contribution < -0.4 is 0 Å². The molecule has 1 N–H and O–H groups in total. The quantitative estimate of drug-likeness (QED) is 0.842. The molecule has 0 heterocycles. The molecular weight excluding hydrogens is 347 g/mol. The highest BCUT2D eigenvalue weighted by Crippen LogP contribution is 2.32. The lowest BCUT2D eigenvalue weighted by Crippen LogP contribution is -2.27. The summed E-state index contributed by atoms with van der Waals surface area (Å²) in [7, 11) is 1.43. The molecule has 1 amide bonds. The molecule has 0 radical (unpaired) electrons. The van der Waals surface area contributed by atoms with Crippen molar-refractivity contribution < 1.29 is 27.9 Å². The monoisotopic (exact) mass is 365 g/mol. The Labute approximate surface area is 148 Å². The highest BCUT2D eigenvalue weighted by molar-refractivity contribution is 5.89. The van der Waals surface area contributed by atoms with Crippen LogP contribution in [0.15, 0.2) is 48.5 Å². The number of aryl methyl sites for hydroxylation is 1. The van der Waals surface area contributed by atoms with E-state index in [2.05, 4.69) is 0 Å². The Bertz CT molecular complexity index is 803. The SMILES string of the molecule is CN(Cc1ccccc1C(F)(F)F)C(=O)CCc1ccccc1C(=O)O. The number of carboxylic acid groups (broad SMARTS) is 1. The highest BCUT2D eigenvalue weighted by atomic mass is 19.4. The average molecular weight is 365 g/mol. The number of carbonyl (C=O) groups is 2.